The van der Waals surface area contributed by atoms with E-state index < -0.39 is 5.60 Å². The highest BCUT2D eigenvalue weighted by Gasteiger charge is 2.48. The lowest BCUT2D eigenvalue weighted by Crippen LogP contribution is -2.36. The Labute approximate surface area is 134 Å². The third kappa shape index (κ3) is 2.25. The van der Waals surface area contributed by atoms with Crippen molar-refractivity contribution in [1.29, 1.82) is 0 Å². The van der Waals surface area contributed by atoms with Crippen LogP contribution in [0.15, 0.2) is 29.2 Å². The second kappa shape index (κ2) is 5.16. The van der Waals surface area contributed by atoms with E-state index in [-0.39, 0.29) is 11.8 Å². The molecule has 6 nitrogen and oxygen atoms in total. The van der Waals surface area contributed by atoms with Crippen LogP contribution in [0.3, 0.4) is 0 Å². The Hall–Kier alpha value is -2.21. The van der Waals surface area contributed by atoms with E-state index in [2.05, 4.69) is 4.98 Å². The lowest BCUT2D eigenvalue weighted by Gasteiger charge is -2.24. The Bertz CT molecular complexity index is 742. The molecule has 2 aliphatic rings. The lowest BCUT2D eigenvalue weighted by molar-refractivity contribution is -0.135. The van der Waals surface area contributed by atoms with Crippen molar-refractivity contribution in [2.75, 3.05) is 13.1 Å². The molecule has 0 aromatic carbocycles. The van der Waals surface area contributed by atoms with Gasteiger partial charge in [0.1, 0.15) is 11.9 Å². The van der Waals surface area contributed by atoms with Gasteiger partial charge < -0.3 is 14.1 Å². The normalized spacial score (nSPS) is 23.0. The molecule has 4 rings (SSSR count). The maximum absolute atomic E-state index is 12.3. The van der Waals surface area contributed by atoms with E-state index in [0.29, 0.717) is 25.5 Å². The molecule has 120 valence electrons. The van der Waals surface area contributed by atoms with Crippen LogP contribution >= 0.6 is 0 Å². The lowest BCUT2D eigenvalue weighted by atomic mass is 9.97. The molecule has 0 bridgehead atoms. The van der Waals surface area contributed by atoms with Crippen LogP contribution in [0.25, 0.3) is 11.4 Å². The Morgan fingerprint density at radius 1 is 1.43 bits per heavy atom. The number of nitrogens with zero attached hydrogens (tertiary/aromatic N) is 3. The van der Waals surface area contributed by atoms with E-state index in [1.807, 2.05) is 31.0 Å². The molecule has 0 aliphatic carbocycles. The van der Waals surface area contributed by atoms with Gasteiger partial charge in [0.05, 0.1) is 30.7 Å². The highest BCUT2D eigenvalue weighted by atomic mass is 16.5. The van der Waals surface area contributed by atoms with E-state index >= 15 is 0 Å². The highest BCUT2D eigenvalue weighted by Crippen LogP contribution is 2.42. The Kier molecular flexibility index (Phi) is 3.23. The van der Waals surface area contributed by atoms with Crippen molar-refractivity contribution in [2.45, 2.75) is 32.5 Å². The van der Waals surface area contributed by atoms with Gasteiger partial charge in [-0.3, -0.25) is 4.79 Å². The third-order valence-corrected chi connectivity index (χ3v) is 4.62. The molecule has 1 spiro atoms. The summed E-state index contributed by atoms with van der Waals surface area (Å²) in [6, 6.07) is 1.84. The molecule has 0 radical (unpaired) electrons. The molecule has 23 heavy (non-hydrogen) atoms. The molecule has 0 saturated carbocycles. The molecule has 6 heteroatoms. The fourth-order valence-corrected chi connectivity index (χ4v) is 3.37. The van der Waals surface area contributed by atoms with Gasteiger partial charge >= 0.3 is 0 Å². The largest absolute Gasteiger partial charge is 0.472 e. The Morgan fingerprint density at radius 3 is 3.04 bits per heavy atom. The molecule has 1 atom stereocenters. The number of hydrogen-bond donors (Lipinski definition) is 0. The zero-order valence-electron chi connectivity index (χ0n) is 13.3. The molecule has 1 amide bonds. The van der Waals surface area contributed by atoms with E-state index in [4.69, 9.17) is 14.1 Å². The number of rotatable bonds is 2. The van der Waals surface area contributed by atoms with Crippen molar-refractivity contribution >= 4 is 5.91 Å². The van der Waals surface area contributed by atoms with Gasteiger partial charge in [0.2, 0.25) is 5.91 Å². The summed E-state index contributed by atoms with van der Waals surface area (Å²) in [4.78, 5) is 23.3. The van der Waals surface area contributed by atoms with Crippen molar-refractivity contribution in [1.82, 2.24) is 14.9 Å². The van der Waals surface area contributed by atoms with Gasteiger partial charge in [-0.05, 0) is 6.07 Å². The number of aromatic nitrogens is 2. The number of hydrogen-bond acceptors (Lipinski definition) is 5. The Morgan fingerprint density at radius 2 is 2.30 bits per heavy atom. The summed E-state index contributed by atoms with van der Waals surface area (Å²) in [5.41, 5.74) is 2.29. The first-order valence-electron chi connectivity index (χ1n) is 7.91. The van der Waals surface area contributed by atoms with Crippen LogP contribution < -0.4 is 0 Å². The van der Waals surface area contributed by atoms with Crippen molar-refractivity contribution < 1.29 is 13.9 Å². The zero-order valence-corrected chi connectivity index (χ0v) is 13.3. The predicted octanol–water partition coefficient (Wildman–Crippen LogP) is 2.35. The standard InChI is InChI=1S/C17H19N3O3/c1-11(2)16(21)20-5-4-17(10-20)14-13(9-23-17)7-18-15(19-14)12-3-6-22-8-12/h3,6-8,11H,4-5,9-10H2,1-2H3/t17-/m1/s1. The number of fused-ring (bicyclic) bond motifs is 2. The first-order valence-corrected chi connectivity index (χ1v) is 7.91. The highest BCUT2D eigenvalue weighted by molar-refractivity contribution is 5.78. The first kappa shape index (κ1) is 14.4. The van der Waals surface area contributed by atoms with Gasteiger partial charge in [-0.1, -0.05) is 13.8 Å². The predicted molar refractivity (Wildman–Crippen MR) is 82.2 cm³/mol. The fourth-order valence-electron chi connectivity index (χ4n) is 3.37. The van der Waals surface area contributed by atoms with Gasteiger partial charge in [-0.15, -0.1) is 0 Å². The van der Waals surface area contributed by atoms with Gasteiger partial charge in [0, 0.05) is 30.6 Å². The van der Waals surface area contributed by atoms with Crippen molar-refractivity contribution in [3.63, 3.8) is 0 Å². The maximum Gasteiger partial charge on any atom is 0.225 e. The number of furan rings is 1. The van der Waals surface area contributed by atoms with E-state index in [0.717, 1.165) is 23.2 Å². The molecule has 1 saturated heterocycles. The average molecular weight is 313 g/mol. The third-order valence-electron chi connectivity index (χ3n) is 4.62. The minimum atomic E-state index is -0.485. The molecule has 2 aromatic rings. The molecule has 0 N–H and O–H groups in total. The maximum atomic E-state index is 12.3. The smallest absolute Gasteiger partial charge is 0.225 e. The number of amides is 1. The molecule has 2 aromatic heterocycles. The zero-order chi connectivity index (χ0) is 16.0. The van der Waals surface area contributed by atoms with Crippen molar-refractivity contribution in [2.24, 2.45) is 5.92 Å². The van der Waals surface area contributed by atoms with Crippen LogP contribution in [-0.2, 0) is 21.7 Å². The summed E-state index contributed by atoms with van der Waals surface area (Å²) in [5, 5.41) is 0. The van der Waals surface area contributed by atoms with Gasteiger partial charge in [-0.25, -0.2) is 9.97 Å². The van der Waals surface area contributed by atoms with Crippen molar-refractivity contribution in [3.8, 4) is 11.4 Å². The first-order chi connectivity index (χ1) is 11.1. The van der Waals surface area contributed by atoms with Crippen LogP contribution in [-0.4, -0.2) is 33.9 Å². The number of ether oxygens (including phenoxy) is 1. The van der Waals surface area contributed by atoms with Gasteiger partial charge in [0.15, 0.2) is 5.82 Å². The number of carbonyl (C=O) groups is 1. The van der Waals surface area contributed by atoms with Crippen molar-refractivity contribution in [3.05, 3.63) is 36.0 Å². The summed E-state index contributed by atoms with van der Waals surface area (Å²) < 4.78 is 11.2. The topological polar surface area (TPSA) is 68.5 Å². The molecular weight excluding hydrogens is 294 g/mol. The monoisotopic (exact) mass is 313 g/mol. The summed E-state index contributed by atoms with van der Waals surface area (Å²) in [5.74, 6) is 0.803. The summed E-state index contributed by atoms with van der Waals surface area (Å²) in [6.45, 7) is 5.64. The minimum absolute atomic E-state index is 0.00193. The number of likely N-dealkylation sites (tertiary alicyclic amines) is 1. The van der Waals surface area contributed by atoms with E-state index in [1.165, 1.54) is 0 Å². The van der Waals surface area contributed by atoms with Crippen LogP contribution in [0.5, 0.6) is 0 Å². The second-order valence-corrected chi connectivity index (χ2v) is 6.53. The molecular formula is C17H19N3O3. The fraction of sp³-hybridized carbons (Fsp3) is 0.471. The average Bonchev–Trinajstić information content (AvgIpc) is 3.28. The van der Waals surface area contributed by atoms with Gasteiger partial charge in [0.25, 0.3) is 0 Å². The molecule has 1 fully saturated rings. The van der Waals surface area contributed by atoms with Crippen LogP contribution in [0.1, 0.15) is 31.5 Å². The Balaban J connectivity index is 1.67. The molecule has 0 unspecified atom stereocenters. The van der Waals surface area contributed by atoms with Crippen LogP contribution in [0.4, 0.5) is 0 Å². The van der Waals surface area contributed by atoms with E-state index in [1.54, 1.807) is 12.5 Å². The summed E-state index contributed by atoms with van der Waals surface area (Å²) in [7, 11) is 0. The van der Waals surface area contributed by atoms with E-state index in [9.17, 15) is 4.79 Å². The summed E-state index contributed by atoms with van der Waals surface area (Å²) >= 11 is 0. The quantitative estimate of drug-likeness (QED) is 0.851. The minimum Gasteiger partial charge on any atom is -0.472 e. The molecule has 4 heterocycles. The van der Waals surface area contributed by atoms with Gasteiger partial charge in [-0.2, -0.15) is 0 Å². The summed E-state index contributed by atoms with van der Waals surface area (Å²) in [6.07, 6.45) is 5.84. The second-order valence-electron chi connectivity index (χ2n) is 6.53. The molecule has 2 aliphatic heterocycles. The van der Waals surface area contributed by atoms with Crippen LogP contribution in [0, 0.1) is 5.92 Å². The number of carbonyl (C=O) groups excluding carboxylic acids is 1. The van der Waals surface area contributed by atoms with Crippen LogP contribution in [0.2, 0.25) is 0 Å². The SMILES string of the molecule is CC(C)C(=O)N1CC[C@]2(C1)OCc1cnc(-c3ccoc3)nc12.